The SMILES string of the molecule is Cc1ccc(-n2nc(C(=O)Nc3cc(F)ccc3F)c(=O)n(C)c2=O)cc1. The van der Waals surface area contributed by atoms with Crippen LogP contribution < -0.4 is 16.6 Å². The summed E-state index contributed by atoms with van der Waals surface area (Å²) in [6.07, 6.45) is 0. The van der Waals surface area contributed by atoms with E-state index in [2.05, 4.69) is 10.4 Å². The van der Waals surface area contributed by atoms with E-state index in [1.54, 1.807) is 24.3 Å². The van der Waals surface area contributed by atoms with E-state index in [-0.39, 0.29) is 0 Å². The third-order valence-corrected chi connectivity index (χ3v) is 3.85. The van der Waals surface area contributed by atoms with Crippen molar-refractivity contribution in [1.29, 1.82) is 0 Å². The second kappa shape index (κ2) is 6.94. The lowest BCUT2D eigenvalue weighted by molar-refractivity contribution is 0.101. The van der Waals surface area contributed by atoms with Gasteiger partial charge in [0.25, 0.3) is 11.5 Å². The molecule has 0 saturated heterocycles. The van der Waals surface area contributed by atoms with Gasteiger partial charge in [0.1, 0.15) is 11.6 Å². The van der Waals surface area contributed by atoms with Crippen molar-refractivity contribution < 1.29 is 13.6 Å². The highest BCUT2D eigenvalue weighted by molar-refractivity contribution is 6.02. The zero-order chi connectivity index (χ0) is 19.7. The van der Waals surface area contributed by atoms with Gasteiger partial charge in [-0.1, -0.05) is 17.7 Å². The number of nitrogens with one attached hydrogen (secondary N) is 1. The van der Waals surface area contributed by atoms with Gasteiger partial charge >= 0.3 is 5.69 Å². The minimum Gasteiger partial charge on any atom is -0.318 e. The molecule has 7 nitrogen and oxygen atoms in total. The maximum absolute atomic E-state index is 13.7. The molecule has 0 bridgehead atoms. The second-order valence-electron chi connectivity index (χ2n) is 5.82. The Labute approximate surface area is 151 Å². The van der Waals surface area contributed by atoms with Crippen molar-refractivity contribution in [2.75, 3.05) is 5.32 Å². The largest absolute Gasteiger partial charge is 0.351 e. The lowest BCUT2D eigenvalue weighted by atomic mass is 10.2. The number of hydrogen-bond acceptors (Lipinski definition) is 4. The van der Waals surface area contributed by atoms with Gasteiger partial charge in [0.15, 0.2) is 0 Å². The smallest absolute Gasteiger partial charge is 0.318 e. The standard InChI is InChI=1S/C18H14F2N4O3/c1-10-3-6-12(7-4-10)24-18(27)23(2)17(26)15(22-24)16(25)21-14-9-11(19)5-8-13(14)20/h3-9H,1-2H3,(H,21,25). The summed E-state index contributed by atoms with van der Waals surface area (Å²) >= 11 is 0. The normalized spacial score (nSPS) is 10.7. The third-order valence-electron chi connectivity index (χ3n) is 3.85. The van der Waals surface area contributed by atoms with E-state index < -0.39 is 40.2 Å². The molecule has 2 aromatic carbocycles. The fraction of sp³-hybridized carbons (Fsp3) is 0.111. The molecular weight excluding hydrogens is 358 g/mol. The van der Waals surface area contributed by atoms with Crippen molar-refractivity contribution in [2.24, 2.45) is 7.05 Å². The molecule has 0 unspecified atom stereocenters. The van der Waals surface area contributed by atoms with Gasteiger partial charge in [-0.05, 0) is 31.2 Å². The summed E-state index contributed by atoms with van der Waals surface area (Å²) in [4.78, 5) is 37.0. The van der Waals surface area contributed by atoms with E-state index in [1.165, 1.54) is 7.05 Å². The second-order valence-corrected chi connectivity index (χ2v) is 5.82. The topological polar surface area (TPSA) is 86.0 Å². The Balaban J connectivity index is 2.08. The van der Waals surface area contributed by atoms with Crippen LogP contribution >= 0.6 is 0 Å². The Hall–Kier alpha value is -3.62. The molecule has 0 aliphatic heterocycles. The van der Waals surface area contributed by atoms with Gasteiger partial charge in [0, 0.05) is 13.1 Å². The molecule has 0 spiro atoms. The Kier molecular flexibility index (Phi) is 4.68. The average molecular weight is 372 g/mol. The Morgan fingerprint density at radius 3 is 2.41 bits per heavy atom. The number of aromatic nitrogens is 3. The molecule has 1 aromatic heterocycles. The van der Waals surface area contributed by atoms with Crippen LogP contribution in [0.15, 0.2) is 52.1 Å². The van der Waals surface area contributed by atoms with E-state index in [0.29, 0.717) is 10.3 Å². The van der Waals surface area contributed by atoms with Gasteiger partial charge < -0.3 is 5.32 Å². The number of halogens is 2. The molecule has 1 heterocycles. The molecule has 138 valence electrons. The van der Waals surface area contributed by atoms with Crippen molar-refractivity contribution in [2.45, 2.75) is 6.92 Å². The van der Waals surface area contributed by atoms with Crippen LogP contribution in [0.5, 0.6) is 0 Å². The van der Waals surface area contributed by atoms with Crippen molar-refractivity contribution in [3.05, 3.63) is 86.2 Å². The first-order chi connectivity index (χ1) is 12.8. The monoisotopic (exact) mass is 372 g/mol. The number of hydrogen-bond donors (Lipinski definition) is 1. The lowest BCUT2D eigenvalue weighted by Crippen LogP contribution is -2.43. The van der Waals surface area contributed by atoms with Crippen LogP contribution in [0.4, 0.5) is 14.5 Å². The highest BCUT2D eigenvalue weighted by Crippen LogP contribution is 2.15. The number of amides is 1. The molecule has 3 rings (SSSR count). The molecule has 1 N–H and O–H groups in total. The minimum absolute atomic E-state index is 0.340. The first-order valence-corrected chi connectivity index (χ1v) is 7.81. The molecule has 3 aromatic rings. The third kappa shape index (κ3) is 3.52. The quantitative estimate of drug-likeness (QED) is 0.759. The number of nitrogens with zero attached hydrogens (tertiary/aromatic N) is 3. The molecule has 27 heavy (non-hydrogen) atoms. The van der Waals surface area contributed by atoms with Crippen LogP contribution in [-0.2, 0) is 7.05 Å². The van der Waals surface area contributed by atoms with Crippen molar-refractivity contribution >= 4 is 11.6 Å². The fourth-order valence-electron chi connectivity index (χ4n) is 2.34. The molecule has 9 heteroatoms. The summed E-state index contributed by atoms with van der Waals surface area (Å²) in [5.74, 6) is -2.72. The molecule has 1 amide bonds. The molecule has 0 saturated carbocycles. The number of carbonyl (C=O) groups is 1. The number of carbonyl (C=O) groups excluding carboxylic acids is 1. The van der Waals surface area contributed by atoms with Gasteiger partial charge in [-0.25, -0.2) is 13.6 Å². The zero-order valence-corrected chi connectivity index (χ0v) is 14.4. The average Bonchev–Trinajstić information content (AvgIpc) is 2.64. The Morgan fingerprint density at radius 1 is 1.07 bits per heavy atom. The Morgan fingerprint density at radius 2 is 1.74 bits per heavy atom. The molecule has 0 fully saturated rings. The van der Waals surface area contributed by atoms with Crippen LogP contribution in [0, 0.1) is 18.6 Å². The van der Waals surface area contributed by atoms with E-state index in [9.17, 15) is 23.2 Å². The van der Waals surface area contributed by atoms with Gasteiger partial charge in [-0.2, -0.15) is 9.78 Å². The minimum atomic E-state index is -1.07. The van der Waals surface area contributed by atoms with Crippen LogP contribution in [-0.4, -0.2) is 20.3 Å². The first kappa shape index (κ1) is 18.2. The highest BCUT2D eigenvalue weighted by atomic mass is 19.1. The van der Waals surface area contributed by atoms with Crippen molar-refractivity contribution in [3.63, 3.8) is 0 Å². The molecule has 0 aliphatic carbocycles. The molecular formula is C18H14F2N4O3. The number of rotatable bonds is 3. The maximum Gasteiger partial charge on any atom is 0.351 e. The number of benzene rings is 2. The molecule has 0 radical (unpaired) electrons. The van der Waals surface area contributed by atoms with Gasteiger partial charge in [0.2, 0.25) is 5.69 Å². The van der Waals surface area contributed by atoms with E-state index in [1.807, 2.05) is 6.92 Å². The van der Waals surface area contributed by atoms with Crippen molar-refractivity contribution in [3.8, 4) is 5.69 Å². The predicted molar refractivity (Wildman–Crippen MR) is 94.1 cm³/mol. The lowest BCUT2D eigenvalue weighted by Gasteiger charge is -2.10. The summed E-state index contributed by atoms with van der Waals surface area (Å²) in [5, 5.41) is 5.92. The van der Waals surface area contributed by atoms with Crippen molar-refractivity contribution in [1.82, 2.24) is 14.3 Å². The van der Waals surface area contributed by atoms with Gasteiger partial charge in [0.05, 0.1) is 11.4 Å². The van der Waals surface area contributed by atoms with Crippen LogP contribution in [0.1, 0.15) is 16.1 Å². The first-order valence-electron chi connectivity index (χ1n) is 7.81. The Bertz CT molecular complexity index is 1150. The van der Waals surface area contributed by atoms with E-state index >= 15 is 0 Å². The van der Waals surface area contributed by atoms with Gasteiger partial charge in [-0.3, -0.25) is 14.2 Å². The fourth-order valence-corrected chi connectivity index (χ4v) is 2.34. The molecule has 0 aliphatic rings. The van der Waals surface area contributed by atoms with E-state index in [0.717, 1.165) is 28.4 Å². The zero-order valence-electron chi connectivity index (χ0n) is 14.4. The summed E-state index contributed by atoms with van der Waals surface area (Å²) in [5.41, 5.74) is -1.52. The summed E-state index contributed by atoms with van der Waals surface area (Å²) in [6, 6.07) is 9.16. The number of aryl methyl sites for hydroxylation is 1. The van der Waals surface area contributed by atoms with Crippen LogP contribution in [0.3, 0.4) is 0 Å². The predicted octanol–water partition coefficient (Wildman–Crippen LogP) is 1.77. The number of anilines is 1. The van der Waals surface area contributed by atoms with Crippen LogP contribution in [0.2, 0.25) is 0 Å². The maximum atomic E-state index is 13.7. The van der Waals surface area contributed by atoms with E-state index in [4.69, 9.17) is 0 Å². The summed E-state index contributed by atoms with van der Waals surface area (Å²) < 4.78 is 28.6. The molecule has 0 atom stereocenters. The summed E-state index contributed by atoms with van der Waals surface area (Å²) in [6.45, 7) is 1.85. The highest BCUT2D eigenvalue weighted by Gasteiger charge is 2.20. The summed E-state index contributed by atoms with van der Waals surface area (Å²) in [7, 11) is 1.19. The van der Waals surface area contributed by atoms with Crippen LogP contribution in [0.25, 0.3) is 5.69 Å². The van der Waals surface area contributed by atoms with Gasteiger partial charge in [-0.15, -0.1) is 0 Å².